The van der Waals surface area contributed by atoms with Gasteiger partial charge in [0.2, 0.25) is 0 Å². The molecule has 0 heterocycles. The lowest BCUT2D eigenvalue weighted by Crippen LogP contribution is -2.47. The van der Waals surface area contributed by atoms with Crippen molar-refractivity contribution in [3.05, 3.63) is 0 Å². The van der Waals surface area contributed by atoms with Gasteiger partial charge in [-0.1, -0.05) is 6.42 Å². The van der Waals surface area contributed by atoms with E-state index >= 15 is 0 Å². The van der Waals surface area contributed by atoms with Crippen molar-refractivity contribution in [2.45, 2.75) is 43.5 Å². The second-order valence-corrected chi connectivity index (χ2v) is 6.58. The Hall–Kier alpha value is -0.620. The van der Waals surface area contributed by atoms with E-state index in [4.69, 9.17) is 0 Å². The average molecular weight is 249 g/mol. The fourth-order valence-electron chi connectivity index (χ4n) is 2.20. The van der Waals surface area contributed by atoms with Gasteiger partial charge in [-0.3, -0.25) is 4.79 Å². The quantitative estimate of drug-likeness (QED) is 0.716. The summed E-state index contributed by atoms with van der Waals surface area (Å²) in [6.45, 7) is 1.68. The van der Waals surface area contributed by atoms with Gasteiger partial charge in [0.1, 0.15) is 6.04 Å². The van der Waals surface area contributed by atoms with E-state index in [1.54, 1.807) is 6.92 Å². The summed E-state index contributed by atoms with van der Waals surface area (Å²) < 4.78 is 27.6. The maximum atomic E-state index is 11.5. The highest BCUT2D eigenvalue weighted by Gasteiger charge is 2.36. The van der Waals surface area contributed by atoms with Gasteiger partial charge in [-0.25, -0.2) is 8.42 Å². The van der Waals surface area contributed by atoms with E-state index in [1.807, 2.05) is 0 Å². The van der Waals surface area contributed by atoms with Crippen LogP contribution < -0.4 is 5.32 Å². The molecule has 0 saturated heterocycles. The van der Waals surface area contributed by atoms with Gasteiger partial charge in [0.15, 0.2) is 9.84 Å². The first kappa shape index (κ1) is 13.4. The first-order valence-corrected chi connectivity index (χ1v) is 7.34. The molecule has 94 valence electrons. The van der Waals surface area contributed by atoms with Gasteiger partial charge in [-0.2, -0.15) is 0 Å². The SMILES string of the molecule is COC(=O)C(C)NC1CCCC1S(C)(=O)=O. The molecular weight excluding hydrogens is 230 g/mol. The van der Waals surface area contributed by atoms with Crippen molar-refractivity contribution in [1.82, 2.24) is 5.32 Å². The van der Waals surface area contributed by atoms with Crippen LogP contribution >= 0.6 is 0 Å². The second-order valence-electron chi connectivity index (χ2n) is 4.32. The number of methoxy groups -OCH3 is 1. The number of sulfone groups is 1. The molecule has 0 spiro atoms. The number of esters is 1. The minimum atomic E-state index is -3.04. The number of hydrogen-bond acceptors (Lipinski definition) is 5. The summed E-state index contributed by atoms with van der Waals surface area (Å²) >= 11 is 0. The molecule has 1 aliphatic rings. The Balaban J connectivity index is 2.64. The Labute approximate surface area is 96.5 Å². The molecule has 0 aromatic heterocycles. The summed E-state index contributed by atoms with van der Waals surface area (Å²) in [4.78, 5) is 11.2. The van der Waals surface area contributed by atoms with Gasteiger partial charge < -0.3 is 10.1 Å². The molecule has 16 heavy (non-hydrogen) atoms. The van der Waals surface area contributed by atoms with Crippen LogP contribution in [0.1, 0.15) is 26.2 Å². The predicted octanol–water partition coefficient (Wildman–Crippen LogP) is 0.103. The lowest BCUT2D eigenvalue weighted by molar-refractivity contribution is -0.142. The van der Waals surface area contributed by atoms with Crippen molar-refractivity contribution >= 4 is 15.8 Å². The summed E-state index contributed by atoms with van der Waals surface area (Å²) in [6.07, 6.45) is 3.59. The average Bonchev–Trinajstić information content (AvgIpc) is 2.63. The van der Waals surface area contributed by atoms with E-state index in [0.717, 1.165) is 12.8 Å². The molecule has 0 aromatic carbocycles. The van der Waals surface area contributed by atoms with Crippen molar-refractivity contribution < 1.29 is 17.9 Å². The van der Waals surface area contributed by atoms with Crippen LogP contribution in [0.3, 0.4) is 0 Å². The van der Waals surface area contributed by atoms with Gasteiger partial charge in [0.05, 0.1) is 12.4 Å². The first-order chi connectivity index (χ1) is 7.36. The fraction of sp³-hybridized carbons (Fsp3) is 0.900. The maximum Gasteiger partial charge on any atom is 0.322 e. The Morgan fingerprint density at radius 2 is 2.06 bits per heavy atom. The maximum absolute atomic E-state index is 11.5. The third-order valence-corrected chi connectivity index (χ3v) is 4.69. The van der Waals surface area contributed by atoms with Crippen LogP contribution in [-0.4, -0.2) is 45.1 Å². The number of carbonyl (C=O) groups is 1. The molecule has 0 radical (unpaired) electrons. The Bertz CT molecular complexity index is 352. The monoisotopic (exact) mass is 249 g/mol. The molecule has 0 aliphatic heterocycles. The van der Waals surface area contributed by atoms with Crippen LogP contribution in [-0.2, 0) is 19.4 Å². The summed E-state index contributed by atoms with van der Waals surface area (Å²) in [7, 11) is -1.72. The number of nitrogens with one attached hydrogen (secondary N) is 1. The summed E-state index contributed by atoms with van der Waals surface area (Å²) in [5.41, 5.74) is 0. The summed E-state index contributed by atoms with van der Waals surface area (Å²) in [6, 6.07) is -0.596. The van der Waals surface area contributed by atoms with E-state index < -0.39 is 15.9 Å². The van der Waals surface area contributed by atoms with Gasteiger partial charge in [0.25, 0.3) is 0 Å². The van der Waals surface area contributed by atoms with Crippen LogP contribution in [0.5, 0.6) is 0 Å². The van der Waals surface area contributed by atoms with Gasteiger partial charge in [-0.05, 0) is 19.8 Å². The Morgan fingerprint density at radius 3 is 2.56 bits per heavy atom. The molecule has 6 heteroatoms. The molecule has 3 atom stereocenters. The minimum Gasteiger partial charge on any atom is -0.468 e. The minimum absolute atomic E-state index is 0.135. The smallest absolute Gasteiger partial charge is 0.322 e. The Kier molecular flexibility index (Phi) is 4.32. The van der Waals surface area contributed by atoms with E-state index in [9.17, 15) is 13.2 Å². The van der Waals surface area contributed by atoms with Crippen molar-refractivity contribution in [2.75, 3.05) is 13.4 Å². The van der Waals surface area contributed by atoms with E-state index in [2.05, 4.69) is 10.1 Å². The van der Waals surface area contributed by atoms with E-state index in [1.165, 1.54) is 13.4 Å². The predicted molar refractivity (Wildman–Crippen MR) is 60.9 cm³/mol. The second kappa shape index (κ2) is 5.14. The van der Waals surface area contributed by atoms with Crippen molar-refractivity contribution in [3.8, 4) is 0 Å². The van der Waals surface area contributed by atoms with Crippen LogP contribution in [0, 0.1) is 0 Å². The molecular formula is C10H19NO4S. The van der Waals surface area contributed by atoms with Crippen LogP contribution in [0.25, 0.3) is 0 Å². The number of ether oxygens (including phenoxy) is 1. The van der Waals surface area contributed by atoms with Crippen LogP contribution in [0.4, 0.5) is 0 Å². The highest BCUT2D eigenvalue weighted by molar-refractivity contribution is 7.91. The summed E-state index contributed by atoms with van der Waals surface area (Å²) in [5.74, 6) is -0.362. The van der Waals surface area contributed by atoms with E-state index in [-0.39, 0.29) is 17.3 Å². The summed E-state index contributed by atoms with van der Waals surface area (Å²) in [5, 5.41) is 2.66. The van der Waals surface area contributed by atoms with Crippen LogP contribution in [0.2, 0.25) is 0 Å². The van der Waals surface area contributed by atoms with Gasteiger partial charge in [-0.15, -0.1) is 0 Å². The van der Waals surface area contributed by atoms with Crippen molar-refractivity contribution in [1.29, 1.82) is 0 Å². The molecule has 0 bridgehead atoms. The molecule has 3 unspecified atom stereocenters. The normalized spacial score (nSPS) is 27.7. The molecule has 0 amide bonds. The molecule has 1 aliphatic carbocycles. The lowest BCUT2D eigenvalue weighted by Gasteiger charge is -2.22. The molecule has 1 saturated carbocycles. The van der Waals surface area contributed by atoms with Crippen molar-refractivity contribution in [2.24, 2.45) is 0 Å². The van der Waals surface area contributed by atoms with Gasteiger partial charge >= 0.3 is 5.97 Å². The number of carbonyl (C=O) groups excluding carboxylic acids is 1. The molecule has 1 rings (SSSR count). The topological polar surface area (TPSA) is 72.5 Å². The number of hydrogen-bond donors (Lipinski definition) is 1. The highest BCUT2D eigenvalue weighted by Crippen LogP contribution is 2.25. The van der Waals surface area contributed by atoms with Gasteiger partial charge in [0, 0.05) is 12.3 Å². The Morgan fingerprint density at radius 1 is 1.44 bits per heavy atom. The molecule has 1 fully saturated rings. The first-order valence-electron chi connectivity index (χ1n) is 5.39. The number of rotatable bonds is 4. The standard InChI is InChI=1S/C10H19NO4S/c1-7(10(12)15-2)11-8-5-4-6-9(8)16(3,13)14/h7-9,11H,4-6H2,1-3H3. The highest BCUT2D eigenvalue weighted by atomic mass is 32.2. The zero-order valence-electron chi connectivity index (χ0n) is 9.89. The lowest BCUT2D eigenvalue weighted by atomic mass is 10.2. The van der Waals surface area contributed by atoms with Crippen LogP contribution in [0.15, 0.2) is 0 Å². The third-order valence-electron chi connectivity index (χ3n) is 3.02. The van der Waals surface area contributed by atoms with E-state index in [0.29, 0.717) is 6.42 Å². The molecule has 0 aromatic rings. The molecule has 1 N–H and O–H groups in total. The third kappa shape index (κ3) is 3.18. The largest absolute Gasteiger partial charge is 0.468 e. The van der Waals surface area contributed by atoms with Crippen molar-refractivity contribution in [3.63, 3.8) is 0 Å². The zero-order valence-corrected chi connectivity index (χ0v) is 10.7. The molecule has 5 nitrogen and oxygen atoms in total. The zero-order chi connectivity index (χ0) is 12.3. The fourth-order valence-corrected chi connectivity index (χ4v) is 3.60.